The van der Waals surface area contributed by atoms with Gasteiger partial charge in [-0.2, -0.15) is 39.4 Å². The molecule has 6 N–H and O–H groups in total. The molecular formula is C78H94N8O16S4. The lowest BCUT2D eigenvalue weighted by Crippen LogP contribution is -2.60. The van der Waals surface area contributed by atoms with Gasteiger partial charge in [0.2, 0.25) is 5.69 Å². The van der Waals surface area contributed by atoms with E-state index in [0.29, 0.717) is 126 Å². The van der Waals surface area contributed by atoms with E-state index in [2.05, 4.69) is 22.9 Å². The van der Waals surface area contributed by atoms with Crippen LogP contribution in [0, 0.1) is 17.8 Å². The van der Waals surface area contributed by atoms with Gasteiger partial charge in [-0.3, -0.25) is 32.8 Å². The fraction of sp³-hybridized carbons (Fsp3) is 0.462. The van der Waals surface area contributed by atoms with E-state index >= 15 is 0 Å². The molecule has 4 aromatic carbocycles. The molecule has 106 heavy (non-hydrogen) atoms. The Labute approximate surface area is 620 Å². The molecule has 13 rings (SSSR count). The quantitative estimate of drug-likeness (QED) is 0.0139. The van der Waals surface area contributed by atoms with Crippen molar-refractivity contribution < 1.29 is 70.8 Å². The lowest BCUT2D eigenvalue weighted by atomic mass is 9.53. The summed E-state index contributed by atoms with van der Waals surface area (Å²) in [5.74, 6) is -0.139. The van der Waals surface area contributed by atoms with Crippen LogP contribution in [0.3, 0.4) is 0 Å². The number of unbranched alkanes of at least 4 members (excludes halogenated alkanes) is 5. The van der Waals surface area contributed by atoms with Gasteiger partial charge in [-0.15, -0.1) is 0 Å². The van der Waals surface area contributed by atoms with E-state index in [1.54, 1.807) is 36.5 Å². The SMILES string of the molecule is CCCCCn1cc(C(=O)NC23CC4CC(CC(C4)C2)C3)c(=O)n2nc(-c3ccc(C(=O)NCCCCCCNC(=O)c4ccc(C5=C(/C=C/C6=[N+](CCCS(=O)(=O)[O-])c7ccc(S(=O)(=O)O)cc7C6(C)C)CCC/C5=C\C=C5\N(CCCS(=O)(=O)O)c6ccc(S(=O)(=O)O)cc6C5(C)C)cc4)cc3)cc12. The Morgan fingerprint density at radius 2 is 1.24 bits per heavy atom. The lowest BCUT2D eigenvalue weighted by Gasteiger charge is -2.56. The maximum atomic E-state index is 14.1. The number of aryl methyl sites for hydroxylation is 1. The zero-order valence-corrected chi connectivity index (χ0v) is 63.7. The average molecular weight is 1530 g/mol. The smallest absolute Gasteiger partial charge is 0.294 e. The first-order chi connectivity index (χ1) is 50.1. The van der Waals surface area contributed by atoms with Gasteiger partial charge in [-0.05, 0) is 204 Å². The van der Waals surface area contributed by atoms with E-state index < -0.39 is 68.4 Å². The second-order valence-electron chi connectivity index (χ2n) is 30.6. The van der Waals surface area contributed by atoms with Gasteiger partial charge in [0.1, 0.15) is 17.8 Å². The van der Waals surface area contributed by atoms with E-state index in [1.165, 1.54) is 54.1 Å². The van der Waals surface area contributed by atoms with Crippen molar-refractivity contribution in [1.29, 1.82) is 0 Å². The number of fused-ring (bicyclic) bond motifs is 3. The zero-order chi connectivity index (χ0) is 75.9. The Balaban J connectivity index is 0.716. The molecule has 0 unspecified atom stereocenters. The maximum Gasteiger partial charge on any atom is 0.294 e. The van der Waals surface area contributed by atoms with Crippen LogP contribution in [0.5, 0.6) is 0 Å². The van der Waals surface area contributed by atoms with Crippen LogP contribution in [0.25, 0.3) is 22.5 Å². The fourth-order valence-electron chi connectivity index (χ4n) is 17.4. The molecule has 4 fully saturated rings. The van der Waals surface area contributed by atoms with E-state index in [-0.39, 0.29) is 64.5 Å². The molecule has 0 radical (unpaired) electrons. The second-order valence-corrected chi connectivity index (χ2v) is 36.6. The molecular weight excluding hydrogens is 1430 g/mol. The third-order valence-electron chi connectivity index (χ3n) is 22.2. The van der Waals surface area contributed by atoms with Crippen LogP contribution in [-0.2, 0) is 57.8 Å². The first-order valence-electron chi connectivity index (χ1n) is 36.7. The van der Waals surface area contributed by atoms with Crippen LogP contribution in [0.1, 0.15) is 198 Å². The van der Waals surface area contributed by atoms with Crippen molar-refractivity contribution in [2.75, 3.05) is 42.6 Å². The predicted molar refractivity (Wildman–Crippen MR) is 404 cm³/mol. The third-order valence-corrected chi connectivity index (χ3v) is 25.5. The standard InChI is InChI=1S/C78H94N8O16S4/c1-6-7-12-36-83-50-62(74(89)81-78-47-51-41-52(48-78)43-53(42-51)49-78)75(90)86-70(83)46-65(82-86)54-18-22-58(23-19-54)72(87)79-34-10-8-9-11-35-80-73(88)59-24-20-57(21-25-59)71-55(26-32-68-76(2,3)63-44-60(105(97,98)99)28-30-66(63)84(68)37-14-39-103(91,92)93)16-13-17-56(71)27-33-69-77(4,5)64-45-61(106(100,101)102)29-31-67(64)85(69)38-15-40-104(94,95)96/h18-33,44-46,50-53H,6-17,34-43,47-49H2,1-5H3,(H6-,79,80,81,87,88,89,91,92,93,94,95,96,97,98,99,100,101,102). The zero-order valence-electron chi connectivity index (χ0n) is 60.5. The molecule has 0 saturated heterocycles. The maximum absolute atomic E-state index is 14.1. The van der Waals surface area contributed by atoms with Gasteiger partial charge in [0.25, 0.3) is 53.6 Å². The Bertz CT molecular complexity index is 5130. The molecule has 5 aliphatic carbocycles. The van der Waals surface area contributed by atoms with Crippen molar-refractivity contribution in [2.24, 2.45) is 17.8 Å². The number of carbonyl (C=O) groups excluding carboxylic acids is 3. The first-order valence-corrected chi connectivity index (χ1v) is 42.8. The molecule has 2 aliphatic heterocycles. The largest absolute Gasteiger partial charge is 0.748 e. The summed E-state index contributed by atoms with van der Waals surface area (Å²) in [6.07, 6.45) is 23.6. The Hall–Kier alpha value is -8.22. The highest BCUT2D eigenvalue weighted by atomic mass is 32.2. The molecule has 4 saturated carbocycles. The first kappa shape index (κ1) is 77.4. The molecule has 3 amide bonds. The number of nitrogens with one attached hydrogen (secondary N) is 3. The number of nitrogens with zero attached hydrogens (tertiary/aromatic N) is 5. The van der Waals surface area contributed by atoms with Gasteiger partial charge in [0, 0.05) is 107 Å². The number of allylic oxidation sites excluding steroid dienone is 8. The second kappa shape index (κ2) is 30.8. The Morgan fingerprint density at radius 3 is 1.82 bits per heavy atom. The lowest BCUT2D eigenvalue weighted by molar-refractivity contribution is -0.437. The number of benzene rings is 4. The number of carbonyl (C=O) groups is 3. The topological polar surface area (TPSA) is 353 Å². The Morgan fingerprint density at radius 1 is 0.642 bits per heavy atom. The summed E-state index contributed by atoms with van der Waals surface area (Å²) in [5.41, 5.74) is 7.09. The molecule has 4 heterocycles. The molecule has 7 aliphatic rings. The van der Waals surface area contributed by atoms with Crippen molar-refractivity contribution in [3.8, 4) is 11.3 Å². The number of aromatic nitrogens is 3. The van der Waals surface area contributed by atoms with E-state index in [1.807, 2.05) is 96.4 Å². The number of anilines is 1. The van der Waals surface area contributed by atoms with Crippen LogP contribution < -0.4 is 26.4 Å². The van der Waals surface area contributed by atoms with Crippen molar-refractivity contribution in [2.45, 2.75) is 183 Å². The van der Waals surface area contributed by atoms with Crippen LogP contribution in [0.4, 0.5) is 11.4 Å². The number of amides is 3. The van der Waals surface area contributed by atoms with Gasteiger partial charge in [0.05, 0.1) is 36.8 Å². The summed E-state index contributed by atoms with van der Waals surface area (Å²) in [4.78, 5) is 56.6. The van der Waals surface area contributed by atoms with Gasteiger partial charge in [-0.1, -0.05) is 82.9 Å². The Kier molecular flexibility index (Phi) is 22.5. The summed E-state index contributed by atoms with van der Waals surface area (Å²) < 4.78 is 144. The summed E-state index contributed by atoms with van der Waals surface area (Å²) in [5, 5.41) is 14.2. The molecule has 566 valence electrons. The van der Waals surface area contributed by atoms with Crippen molar-refractivity contribution in [3.05, 3.63) is 182 Å². The highest BCUT2D eigenvalue weighted by molar-refractivity contribution is 7.86. The minimum absolute atomic E-state index is 0.0103. The predicted octanol–water partition coefficient (Wildman–Crippen LogP) is 11.7. The van der Waals surface area contributed by atoms with Gasteiger partial charge in [0.15, 0.2) is 5.71 Å². The number of hydrogen-bond acceptors (Lipinski definition) is 15. The summed E-state index contributed by atoms with van der Waals surface area (Å²) in [6.45, 7) is 11.3. The number of hydrogen-bond donors (Lipinski definition) is 6. The minimum Gasteiger partial charge on any atom is -0.748 e. The van der Waals surface area contributed by atoms with Crippen molar-refractivity contribution in [1.82, 2.24) is 30.1 Å². The van der Waals surface area contributed by atoms with E-state index in [9.17, 15) is 71.1 Å². The molecule has 6 aromatic rings. The molecule has 0 spiro atoms. The molecule has 2 aromatic heterocycles. The van der Waals surface area contributed by atoms with Gasteiger partial charge >= 0.3 is 0 Å². The van der Waals surface area contributed by atoms with E-state index in [4.69, 9.17) is 5.10 Å². The third kappa shape index (κ3) is 17.2. The minimum atomic E-state index is -4.62. The van der Waals surface area contributed by atoms with Crippen LogP contribution in [0.2, 0.25) is 0 Å². The summed E-state index contributed by atoms with van der Waals surface area (Å²) >= 11 is 0. The highest BCUT2D eigenvalue weighted by Gasteiger charge is 2.52. The van der Waals surface area contributed by atoms with Crippen molar-refractivity contribution >= 4 is 86.5 Å². The van der Waals surface area contributed by atoms with Gasteiger partial charge < -0.3 is 30.0 Å². The van der Waals surface area contributed by atoms with Gasteiger partial charge in [-0.25, -0.2) is 8.42 Å². The fourth-order valence-corrected chi connectivity index (χ4v) is 19.4. The van der Waals surface area contributed by atoms with Crippen molar-refractivity contribution in [3.63, 3.8) is 0 Å². The summed E-state index contributed by atoms with van der Waals surface area (Å²) in [7, 11) is -18.2. The summed E-state index contributed by atoms with van der Waals surface area (Å²) in [6, 6.07) is 24.5. The highest BCUT2D eigenvalue weighted by Crippen LogP contribution is 2.56. The average Bonchev–Trinajstić information content (AvgIpc) is 1.61. The monoisotopic (exact) mass is 1530 g/mol. The van der Waals surface area contributed by atoms with Crippen LogP contribution in [0.15, 0.2) is 153 Å². The van der Waals surface area contributed by atoms with E-state index in [0.717, 1.165) is 79.2 Å². The van der Waals surface area contributed by atoms with Crippen LogP contribution in [-0.4, -0.2) is 137 Å². The normalized spacial score (nSPS) is 21.2. The molecule has 28 heteroatoms. The van der Waals surface area contributed by atoms with Crippen LogP contribution >= 0.6 is 0 Å². The number of rotatable bonds is 30. The molecule has 24 nitrogen and oxygen atoms in total. The molecule has 0 atom stereocenters. The molecule has 4 bridgehead atoms.